The SMILES string of the molecule is C=CCC(=O)N1[C@H](C=C)CCC[C@@H]1c1ccc(OC)cc1. The Morgan fingerprint density at radius 1 is 1.33 bits per heavy atom. The topological polar surface area (TPSA) is 29.5 Å². The summed E-state index contributed by atoms with van der Waals surface area (Å²) in [4.78, 5) is 14.4. The van der Waals surface area contributed by atoms with Crippen molar-refractivity contribution >= 4 is 5.91 Å². The van der Waals surface area contributed by atoms with Gasteiger partial charge in [0.1, 0.15) is 5.75 Å². The highest BCUT2D eigenvalue weighted by molar-refractivity contribution is 5.79. The summed E-state index contributed by atoms with van der Waals surface area (Å²) in [6, 6.07) is 8.21. The number of amides is 1. The average molecular weight is 285 g/mol. The van der Waals surface area contributed by atoms with Crippen LogP contribution in [0.2, 0.25) is 0 Å². The largest absolute Gasteiger partial charge is 0.497 e. The highest BCUT2D eigenvalue weighted by Gasteiger charge is 2.32. The van der Waals surface area contributed by atoms with Gasteiger partial charge in [-0.15, -0.1) is 13.2 Å². The molecule has 3 nitrogen and oxygen atoms in total. The fourth-order valence-corrected chi connectivity index (χ4v) is 3.00. The fraction of sp³-hybridized carbons (Fsp3) is 0.389. The first-order chi connectivity index (χ1) is 10.2. The molecule has 112 valence electrons. The number of hydrogen-bond acceptors (Lipinski definition) is 2. The Hall–Kier alpha value is -2.03. The molecule has 0 aromatic heterocycles. The van der Waals surface area contributed by atoms with E-state index in [4.69, 9.17) is 4.74 Å². The summed E-state index contributed by atoms with van der Waals surface area (Å²) in [5, 5.41) is 0. The predicted octanol–water partition coefficient (Wildman–Crippen LogP) is 3.88. The molecule has 21 heavy (non-hydrogen) atoms. The second-order valence-electron chi connectivity index (χ2n) is 5.32. The Morgan fingerprint density at radius 3 is 2.62 bits per heavy atom. The average Bonchev–Trinajstić information content (AvgIpc) is 2.54. The Balaban J connectivity index is 2.29. The monoisotopic (exact) mass is 285 g/mol. The van der Waals surface area contributed by atoms with Gasteiger partial charge < -0.3 is 9.64 Å². The van der Waals surface area contributed by atoms with E-state index >= 15 is 0 Å². The first kappa shape index (κ1) is 15.4. The van der Waals surface area contributed by atoms with Crippen LogP contribution in [0.3, 0.4) is 0 Å². The van der Waals surface area contributed by atoms with Gasteiger partial charge >= 0.3 is 0 Å². The smallest absolute Gasteiger partial charge is 0.227 e. The van der Waals surface area contributed by atoms with Crippen molar-refractivity contribution in [1.82, 2.24) is 4.90 Å². The van der Waals surface area contributed by atoms with E-state index in [0.29, 0.717) is 6.42 Å². The van der Waals surface area contributed by atoms with Gasteiger partial charge in [-0.3, -0.25) is 4.79 Å². The second kappa shape index (κ2) is 7.11. The van der Waals surface area contributed by atoms with Crippen molar-refractivity contribution in [2.45, 2.75) is 37.8 Å². The molecule has 1 aromatic rings. The standard InChI is InChI=1S/C18H23NO2/c1-4-7-18(20)19-15(5-2)8-6-9-17(19)14-10-12-16(21-3)13-11-14/h4-5,10-13,15,17H,1-2,6-9H2,3H3/t15-,17-/m1/s1. The Labute approximate surface area is 126 Å². The number of likely N-dealkylation sites (tertiary alicyclic amines) is 1. The molecular weight excluding hydrogens is 262 g/mol. The summed E-state index contributed by atoms with van der Waals surface area (Å²) in [6.45, 7) is 7.57. The lowest BCUT2D eigenvalue weighted by atomic mass is 9.90. The molecule has 2 atom stereocenters. The van der Waals surface area contributed by atoms with E-state index < -0.39 is 0 Å². The minimum atomic E-state index is 0.110. The van der Waals surface area contributed by atoms with E-state index in [9.17, 15) is 4.79 Å². The first-order valence-corrected chi connectivity index (χ1v) is 7.39. The number of benzene rings is 1. The van der Waals surface area contributed by atoms with Gasteiger partial charge in [0.05, 0.1) is 19.2 Å². The highest BCUT2D eigenvalue weighted by atomic mass is 16.5. The molecular formula is C18H23NO2. The van der Waals surface area contributed by atoms with Crippen molar-refractivity contribution in [2.75, 3.05) is 7.11 Å². The van der Waals surface area contributed by atoms with E-state index in [0.717, 1.165) is 30.6 Å². The molecule has 1 amide bonds. The number of nitrogens with zero attached hydrogens (tertiary/aromatic N) is 1. The molecule has 1 heterocycles. The third-order valence-electron chi connectivity index (χ3n) is 4.05. The van der Waals surface area contributed by atoms with Gasteiger partial charge in [-0.2, -0.15) is 0 Å². The summed E-state index contributed by atoms with van der Waals surface area (Å²) in [5.41, 5.74) is 1.15. The van der Waals surface area contributed by atoms with Crippen LogP contribution < -0.4 is 4.74 Å². The van der Waals surface area contributed by atoms with Crippen LogP contribution in [0.15, 0.2) is 49.6 Å². The molecule has 0 N–H and O–H groups in total. The van der Waals surface area contributed by atoms with Crippen LogP contribution in [0.1, 0.15) is 37.3 Å². The zero-order valence-electron chi connectivity index (χ0n) is 12.6. The minimum absolute atomic E-state index is 0.110. The summed E-state index contributed by atoms with van der Waals surface area (Å²) in [6.07, 6.45) is 7.00. The predicted molar refractivity (Wildman–Crippen MR) is 85.2 cm³/mol. The van der Waals surface area contributed by atoms with Crippen LogP contribution in [0.4, 0.5) is 0 Å². The molecule has 3 heteroatoms. The molecule has 0 saturated carbocycles. The zero-order valence-corrected chi connectivity index (χ0v) is 12.6. The molecule has 1 fully saturated rings. The lowest BCUT2D eigenvalue weighted by Gasteiger charge is -2.41. The fourth-order valence-electron chi connectivity index (χ4n) is 3.00. The molecule has 2 rings (SSSR count). The van der Waals surface area contributed by atoms with Gasteiger partial charge in [0.15, 0.2) is 0 Å². The van der Waals surface area contributed by atoms with Gasteiger partial charge in [-0.1, -0.05) is 24.3 Å². The van der Waals surface area contributed by atoms with Crippen molar-refractivity contribution in [2.24, 2.45) is 0 Å². The van der Waals surface area contributed by atoms with Crippen LogP contribution in [0.25, 0.3) is 0 Å². The summed E-state index contributed by atoms with van der Waals surface area (Å²) >= 11 is 0. The lowest BCUT2D eigenvalue weighted by molar-refractivity contribution is -0.136. The Morgan fingerprint density at radius 2 is 2.05 bits per heavy atom. The first-order valence-electron chi connectivity index (χ1n) is 7.39. The van der Waals surface area contributed by atoms with E-state index in [-0.39, 0.29) is 18.0 Å². The third kappa shape index (κ3) is 3.35. The Kier molecular flexibility index (Phi) is 5.20. The second-order valence-corrected chi connectivity index (χ2v) is 5.32. The molecule has 0 spiro atoms. The lowest BCUT2D eigenvalue weighted by Crippen LogP contribution is -2.44. The number of hydrogen-bond donors (Lipinski definition) is 0. The number of carbonyl (C=O) groups excluding carboxylic acids is 1. The number of ether oxygens (including phenoxy) is 1. The van der Waals surface area contributed by atoms with E-state index in [1.165, 1.54) is 0 Å². The van der Waals surface area contributed by atoms with Crippen molar-refractivity contribution in [3.8, 4) is 5.75 Å². The van der Waals surface area contributed by atoms with Crippen LogP contribution in [0, 0.1) is 0 Å². The maximum absolute atomic E-state index is 12.5. The van der Waals surface area contributed by atoms with E-state index in [2.05, 4.69) is 13.2 Å². The van der Waals surface area contributed by atoms with E-state index in [1.807, 2.05) is 35.2 Å². The molecule has 1 saturated heterocycles. The van der Waals surface area contributed by atoms with Gasteiger partial charge in [0.2, 0.25) is 5.91 Å². The van der Waals surface area contributed by atoms with Crippen molar-refractivity contribution in [1.29, 1.82) is 0 Å². The molecule has 0 bridgehead atoms. The third-order valence-corrected chi connectivity index (χ3v) is 4.05. The normalized spacial score (nSPS) is 21.7. The maximum atomic E-state index is 12.5. The van der Waals surface area contributed by atoms with Crippen molar-refractivity contribution in [3.63, 3.8) is 0 Å². The van der Waals surface area contributed by atoms with Crippen LogP contribution in [-0.2, 0) is 4.79 Å². The van der Waals surface area contributed by atoms with Crippen LogP contribution in [0.5, 0.6) is 5.75 Å². The number of carbonyl (C=O) groups is 1. The summed E-state index contributed by atoms with van der Waals surface area (Å²) in [5.74, 6) is 0.953. The van der Waals surface area contributed by atoms with Gasteiger partial charge in [-0.25, -0.2) is 0 Å². The minimum Gasteiger partial charge on any atom is -0.497 e. The number of methoxy groups -OCH3 is 1. The molecule has 1 aromatic carbocycles. The van der Waals surface area contributed by atoms with Crippen molar-refractivity contribution in [3.05, 3.63) is 55.1 Å². The van der Waals surface area contributed by atoms with Crippen LogP contribution >= 0.6 is 0 Å². The molecule has 0 radical (unpaired) electrons. The zero-order chi connectivity index (χ0) is 15.2. The van der Waals surface area contributed by atoms with Gasteiger partial charge in [0, 0.05) is 6.42 Å². The van der Waals surface area contributed by atoms with Crippen molar-refractivity contribution < 1.29 is 9.53 Å². The Bertz CT molecular complexity index is 506. The van der Waals surface area contributed by atoms with Crippen LogP contribution in [-0.4, -0.2) is 24.0 Å². The molecule has 0 aliphatic carbocycles. The van der Waals surface area contributed by atoms with Gasteiger partial charge in [-0.05, 0) is 37.0 Å². The molecule has 0 unspecified atom stereocenters. The van der Waals surface area contributed by atoms with Gasteiger partial charge in [0.25, 0.3) is 0 Å². The van der Waals surface area contributed by atoms with E-state index in [1.54, 1.807) is 13.2 Å². The maximum Gasteiger partial charge on any atom is 0.227 e. The number of rotatable bonds is 5. The molecule has 1 aliphatic heterocycles. The quantitative estimate of drug-likeness (QED) is 0.768. The summed E-state index contributed by atoms with van der Waals surface area (Å²) < 4.78 is 5.20. The highest BCUT2D eigenvalue weighted by Crippen LogP contribution is 2.35. The summed E-state index contributed by atoms with van der Waals surface area (Å²) in [7, 11) is 1.66. The number of piperidine rings is 1. The molecule has 1 aliphatic rings.